The molecule has 0 saturated carbocycles. The van der Waals surface area contributed by atoms with E-state index in [2.05, 4.69) is 5.32 Å². The van der Waals surface area contributed by atoms with Crippen LogP contribution < -0.4 is 10.1 Å². The number of amides is 1. The molecule has 0 heterocycles. The summed E-state index contributed by atoms with van der Waals surface area (Å²) < 4.78 is 36.7. The van der Waals surface area contributed by atoms with Gasteiger partial charge >= 0.3 is 5.97 Å². The molecule has 2 aromatic rings. The fraction of sp³-hybridized carbons (Fsp3) is 0.263. The number of methoxy groups -OCH3 is 1. The highest BCUT2D eigenvalue weighted by molar-refractivity contribution is 5.94. The second-order valence-corrected chi connectivity index (χ2v) is 5.73. The Morgan fingerprint density at radius 3 is 2.54 bits per heavy atom. The zero-order valence-corrected chi connectivity index (χ0v) is 14.6. The van der Waals surface area contributed by atoms with Gasteiger partial charge in [-0.25, -0.2) is 13.6 Å². The molecule has 0 aromatic heterocycles. The standard InChI is InChI=1S/C19H19F2NO4/c1-11-4-7-17(25-3)15(8-11)19(24)26-10-18(23)22-12(2)14-6-5-13(20)9-16(14)21/h4-9,12H,10H2,1-3H3,(H,22,23)/t12-/m1/s1. The summed E-state index contributed by atoms with van der Waals surface area (Å²) in [5, 5.41) is 2.49. The lowest BCUT2D eigenvalue weighted by atomic mass is 10.1. The predicted octanol–water partition coefficient (Wildman–Crippen LogP) is 3.32. The number of hydrogen-bond donors (Lipinski definition) is 1. The van der Waals surface area contributed by atoms with Crippen LogP contribution in [0.3, 0.4) is 0 Å². The summed E-state index contributed by atoms with van der Waals surface area (Å²) in [5.74, 6) is -2.45. The maximum absolute atomic E-state index is 13.7. The van der Waals surface area contributed by atoms with Crippen molar-refractivity contribution in [2.24, 2.45) is 0 Å². The van der Waals surface area contributed by atoms with Gasteiger partial charge in [-0.15, -0.1) is 0 Å². The van der Waals surface area contributed by atoms with E-state index < -0.39 is 36.2 Å². The van der Waals surface area contributed by atoms with Gasteiger partial charge in [0.25, 0.3) is 5.91 Å². The molecule has 138 valence electrons. The minimum absolute atomic E-state index is 0.131. The van der Waals surface area contributed by atoms with E-state index in [1.165, 1.54) is 13.2 Å². The maximum Gasteiger partial charge on any atom is 0.342 e. The molecule has 0 aliphatic heterocycles. The third-order valence-electron chi connectivity index (χ3n) is 3.72. The predicted molar refractivity (Wildman–Crippen MR) is 90.9 cm³/mol. The van der Waals surface area contributed by atoms with Gasteiger partial charge in [0, 0.05) is 11.6 Å². The molecular formula is C19H19F2NO4. The molecule has 1 N–H and O–H groups in total. The molecule has 0 saturated heterocycles. The Labute approximate surface area is 149 Å². The fourth-order valence-corrected chi connectivity index (χ4v) is 2.40. The quantitative estimate of drug-likeness (QED) is 0.800. The van der Waals surface area contributed by atoms with Gasteiger partial charge < -0.3 is 14.8 Å². The molecule has 1 atom stereocenters. The van der Waals surface area contributed by atoms with E-state index in [-0.39, 0.29) is 11.1 Å². The summed E-state index contributed by atoms with van der Waals surface area (Å²) in [6.45, 7) is 2.81. The van der Waals surface area contributed by atoms with Crippen molar-refractivity contribution in [3.8, 4) is 5.75 Å². The fourth-order valence-electron chi connectivity index (χ4n) is 2.40. The van der Waals surface area contributed by atoms with E-state index in [0.717, 1.165) is 17.7 Å². The molecule has 0 radical (unpaired) electrons. The van der Waals surface area contributed by atoms with Crippen molar-refractivity contribution in [1.82, 2.24) is 5.32 Å². The molecule has 0 aliphatic carbocycles. The Morgan fingerprint density at radius 1 is 1.15 bits per heavy atom. The molecule has 2 rings (SSSR count). The van der Waals surface area contributed by atoms with Crippen LogP contribution in [-0.2, 0) is 9.53 Å². The average molecular weight is 363 g/mol. The summed E-state index contributed by atoms with van der Waals surface area (Å²) >= 11 is 0. The summed E-state index contributed by atoms with van der Waals surface area (Å²) in [5.41, 5.74) is 1.17. The van der Waals surface area contributed by atoms with Gasteiger partial charge in [0.15, 0.2) is 6.61 Å². The zero-order valence-electron chi connectivity index (χ0n) is 14.6. The minimum atomic E-state index is -0.765. The number of esters is 1. The Balaban J connectivity index is 1.96. The van der Waals surface area contributed by atoms with Gasteiger partial charge in [-0.05, 0) is 32.0 Å². The SMILES string of the molecule is COc1ccc(C)cc1C(=O)OCC(=O)N[C@H](C)c1ccc(F)cc1F. The lowest BCUT2D eigenvalue weighted by molar-refractivity contribution is -0.124. The van der Waals surface area contributed by atoms with Crippen LogP contribution in [0.2, 0.25) is 0 Å². The third kappa shape index (κ3) is 4.78. The first kappa shape index (κ1) is 19.4. The van der Waals surface area contributed by atoms with E-state index in [1.54, 1.807) is 25.1 Å². The van der Waals surface area contributed by atoms with E-state index in [4.69, 9.17) is 9.47 Å². The van der Waals surface area contributed by atoms with E-state index in [9.17, 15) is 18.4 Å². The lowest BCUT2D eigenvalue weighted by Gasteiger charge is -2.15. The van der Waals surface area contributed by atoms with Gasteiger partial charge in [0.05, 0.1) is 13.2 Å². The lowest BCUT2D eigenvalue weighted by Crippen LogP contribution is -2.31. The number of carbonyl (C=O) groups excluding carboxylic acids is 2. The van der Waals surface area contributed by atoms with E-state index in [0.29, 0.717) is 5.75 Å². The monoisotopic (exact) mass is 363 g/mol. The average Bonchev–Trinajstić information content (AvgIpc) is 2.59. The number of nitrogens with one attached hydrogen (secondary N) is 1. The van der Waals surface area contributed by atoms with Gasteiger partial charge in [0.1, 0.15) is 22.9 Å². The number of benzene rings is 2. The summed E-state index contributed by atoms with van der Waals surface area (Å²) in [6.07, 6.45) is 0. The number of carbonyl (C=O) groups is 2. The summed E-state index contributed by atoms with van der Waals surface area (Å²) in [4.78, 5) is 24.1. The molecule has 0 aliphatic rings. The second-order valence-electron chi connectivity index (χ2n) is 5.73. The highest BCUT2D eigenvalue weighted by Crippen LogP contribution is 2.21. The molecule has 7 heteroatoms. The van der Waals surface area contributed by atoms with Crippen molar-refractivity contribution >= 4 is 11.9 Å². The third-order valence-corrected chi connectivity index (χ3v) is 3.72. The number of ether oxygens (including phenoxy) is 2. The highest BCUT2D eigenvalue weighted by atomic mass is 19.1. The van der Waals surface area contributed by atoms with Crippen molar-refractivity contribution in [2.45, 2.75) is 19.9 Å². The molecule has 0 bridgehead atoms. The second kappa shape index (κ2) is 8.42. The Bertz CT molecular complexity index is 823. The Morgan fingerprint density at radius 2 is 1.88 bits per heavy atom. The van der Waals surface area contributed by atoms with Crippen molar-refractivity contribution in [1.29, 1.82) is 0 Å². The Hall–Kier alpha value is -2.96. The van der Waals surface area contributed by atoms with Crippen molar-refractivity contribution in [2.75, 3.05) is 13.7 Å². The molecule has 0 unspecified atom stereocenters. The van der Waals surface area contributed by atoms with Gasteiger partial charge in [-0.2, -0.15) is 0 Å². The first-order valence-electron chi connectivity index (χ1n) is 7.88. The molecule has 26 heavy (non-hydrogen) atoms. The summed E-state index contributed by atoms with van der Waals surface area (Å²) in [6, 6.07) is 7.38. The van der Waals surface area contributed by atoms with E-state index in [1.807, 2.05) is 6.92 Å². The first-order valence-corrected chi connectivity index (χ1v) is 7.88. The van der Waals surface area contributed by atoms with Crippen LogP contribution in [0.25, 0.3) is 0 Å². The molecule has 1 amide bonds. The summed E-state index contributed by atoms with van der Waals surface area (Å²) in [7, 11) is 1.42. The normalized spacial score (nSPS) is 11.6. The van der Waals surface area contributed by atoms with Gasteiger partial charge in [-0.3, -0.25) is 4.79 Å². The van der Waals surface area contributed by atoms with Crippen LogP contribution in [0, 0.1) is 18.6 Å². The van der Waals surface area contributed by atoms with Crippen molar-refractivity contribution < 1.29 is 27.8 Å². The van der Waals surface area contributed by atoms with Gasteiger partial charge in [-0.1, -0.05) is 17.7 Å². The van der Waals surface area contributed by atoms with Crippen LogP contribution in [0.4, 0.5) is 8.78 Å². The molecule has 5 nitrogen and oxygen atoms in total. The smallest absolute Gasteiger partial charge is 0.342 e. The molecular weight excluding hydrogens is 344 g/mol. The maximum atomic E-state index is 13.7. The van der Waals surface area contributed by atoms with Gasteiger partial charge in [0.2, 0.25) is 0 Å². The van der Waals surface area contributed by atoms with Crippen LogP contribution in [-0.4, -0.2) is 25.6 Å². The molecule has 2 aromatic carbocycles. The zero-order chi connectivity index (χ0) is 19.3. The number of halogens is 2. The van der Waals surface area contributed by atoms with Crippen LogP contribution >= 0.6 is 0 Å². The number of hydrogen-bond acceptors (Lipinski definition) is 4. The van der Waals surface area contributed by atoms with Crippen molar-refractivity contribution in [3.63, 3.8) is 0 Å². The topological polar surface area (TPSA) is 64.6 Å². The Kier molecular flexibility index (Phi) is 6.27. The van der Waals surface area contributed by atoms with Crippen molar-refractivity contribution in [3.05, 3.63) is 64.7 Å². The molecule has 0 spiro atoms. The van der Waals surface area contributed by atoms with Crippen LogP contribution in [0.15, 0.2) is 36.4 Å². The number of aryl methyl sites for hydroxylation is 1. The minimum Gasteiger partial charge on any atom is -0.496 e. The molecule has 0 fully saturated rings. The largest absolute Gasteiger partial charge is 0.496 e. The highest BCUT2D eigenvalue weighted by Gasteiger charge is 2.18. The van der Waals surface area contributed by atoms with Crippen LogP contribution in [0.1, 0.15) is 34.5 Å². The first-order chi connectivity index (χ1) is 12.3. The van der Waals surface area contributed by atoms with Crippen LogP contribution in [0.5, 0.6) is 5.75 Å². The van der Waals surface area contributed by atoms with E-state index >= 15 is 0 Å². The number of rotatable bonds is 6.